The molecule has 1 aromatic carbocycles. The van der Waals surface area contributed by atoms with Crippen LogP contribution in [-0.2, 0) is 0 Å². The number of anilines is 2. The summed E-state index contributed by atoms with van der Waals surface area (Å²) in [6, 6.07) is 10.3. The van der Waals surface area contributed by atoms with E-state index in [1.165, 1.54) is 18.3 Å². The molecule has 3 aromatic rings. The molecule has 0 radical (unpaired) electrons. The van der Waals surface area contributed by atoms with Crippen LogP contribution >= 0.6 is 0 Å². The van der Waals surface area contributed by atoms with Crippen molar-refractivity contribution in [3.8, 4) is 16.9 Å². The van der Waals surface area contributed by atoms with Gasteiger partial charge in [0.25, 0.3) is 5.91 Å². The Balaban J connectivity index is 1.60. The molecule has 2 aromatic heterocycles. The van der Waals surface area contributed by atoms with Crippen molar-refractivity contribution in [1.29, 1.82) is 0 Å². The summed E-state index contributed by atoms with van der Waals surface area (Å²) in [5, 5.41) is 12.9. The fourth-order valence-corrected chi connectivity index (χ4v) is 3.74. The van der Waals surface area contributed by atoms with Gasteiger partial charge in [-0.3, -0.25) is 9.78 Å². The summed E-state index contributed by atoms with van der Waals surface area (Å²) in [6.45, 7) is 4.89. The van der Waals surface area contributed by atoms with Gasteiger partial charge in [-0.25, -0.2) is 4.98 Å². The van der Waals surface area contributed by atoms with Gasteiger partial charge in [0.1, 0.15) is 11.6 Å². The standard InChI is InChI=1S/C24H23F3N4O3/c1-14-12-31(13-21(14)32)22-20(16-4-3-15(2)28-10-16)9-17(11-29-22)23(33)30-18-5-7-19(8-6-18)34-24(25,26)27/h3-11,14,21,32H,12-13H2,1-2H3,(H,30,33)/t14-,21-/m0/s1. The molecular weight excluding hydrogens is 449 g/mol. The van der Waals surface area contributed by atoms with Gasteiger partial charge in [0, 0.05) is 53.9 Å². The number of amides is 1. The Bertz CT molecular complexity index is 1160. The maximum absolute atomic E-state index is 12.9. The number of rotatable bonds is 5. The monoisotopic (exact) mass is 472 g/mol. The van der Waals surface area contributed by atoms with Crippen LogP contribution in [0.4, 0.5) is 24.7 Å². The molecule has 10 heteroatoms. The second-order valence-corrected chi connectivity index (χ2v) is 8.26. The fraction of sp³-hybridized carbons (Fsp3) is 0.292. The number of carbonyl (C=O) groups is 1. The predicted molar refractivity (Wildman–Crippen MR) is 121 cm³/mol. The van der Waals surface area contributed by atoms with Crippen molar-refractivity contribution in [2.45, 2.75) is 26.3 Å². The van der Waals surface area contributed by atoms with Crippen molar-refractivity contribution < 1.29 is 27.8 Å². The molecule has 0 unspecified atom stereocenters. The van der Waals surface area contributed by atoms with Crippen LogP contribution in [0, 0.1) is 12.8 Å². The zero-order chi connectivity index (χ0) is 24.5. The van der Waals surface area contributed by atoms with Gasteiger partial charge >= 0.3 is 6.36 Å². The summed E-state index contributed by atoms with van der Waals surface area (Å²) in [5.74, 6) is -0.135. The molecule has 0 spiro atoms. The van der Waals surface area contributed by atoms with Gasteiger partial charge < -0.3 is 20.1 Å². The Morgan fingerprint density at radius 1 is 1.12 bits per heavy atom. The number of aromatic nitrogens is 2. The van der Waals surface area contributed by atoms with Crippen LogP contribution in [0.2, 0.25) is 0 Å². The lowest BCUT2D eigenvalue weighted by molar-refractivity contribution is -0.274. The third kappa shape index (κ3) is 5.45. The molecule has 3 heterocycles. The molecule has 7 nitrogen and oxygen atoms in total. The molecule has 0 bridgehead atoms. The van der Waals surface area contributed by atoms with Crippen LogP contribution in [0.15, 0.2) is 54.9 Å². The lowest BCUT2D eigenvalue weighted by Gasteiger charge is -2.21. The third-order valence-electron chi connectivity index (χ3n) is 5.57. The highest BCUT2D eigenvalue weighted by molar-refractivity contribution is 6.05. The van der Waals surface area contributed by atoms with E-state index in [2.05, 4.69) is 20.0 Å². The average molecular weight is 472 g/mol. The van der Waals surface area contributed by atoms with E-state index in [4.69, 9.17) is 0 Å². The van der Waals surface area contributed by atoms with Crippen LogP contribution in [0.3, 0.4) is 0 Å². The number of β-amino-alcohol motifs (C(OH)–C–C–N with tert-alkyl or cyclic N) is 1. The lowest BCUT2D eigenvalue weighted by Crippen LogP contribution is -2.23. The normalized spacial score (nSPS) is 18.1. The van der Waals surface area contributed by atoms with Crippen LogP contribution in [0.5, 0.6) is 5.75 Å². The zero-order valence-corrected chi connectivity index (χ0v) is 18.5. The molecule has 1 amide bonds. The molecule has 0 aliphatic carbocycles. The molecular formula is C24H23F3N4O3. The number of benzene rings is 1. The van der Waals surface area contributed by atoms with E-state index < -0.39 is 18.4 Å². The van der Waals surface area contributed by atoms with Crippen molar-refractivity contribution in [1.82, 2.24) is 9.97 Å². The molecule has 2 N–H and O–H groups in total. The van der Waals surface area contributed by atoms with Crippen molar-refractivity contribution in [3.63, 3.8) is 0 Å². The number of aliphatic hydroxyl groups excluding tert-OH is 1. The number of ether oxygens (including phenoxy) is 1. The number of aryl methyl sites for hydroxylation is 1. The second kappa shape index (κ2) is 9.30. The number of alkyl halides is 3. The number of pyridine rings is 2. The Morgan fingerprint density at radius 2 is 1.85 bits per heavy atom. The van der Waals surface area contributed by atoms with Gasteiger partial charge in [-0.05, 0) is 43.3 Å². The maximum atomic E-state index is 12.9. The van der Waals surface area contributed by atoms with Crippen LogP contribution in [0.1, 0.15) is 23.0 Å². The summed E-state index contributed by atoms with van der Waals surface area (Å²) in [6.07, 6.45) is -2.13. The highest BCUT2D eigenvalue weighted by Gasteiger charge is 2.31. The molecule has 1 aliphatic rings. The average Bonchev–Trinajstić information content (AvgIpc) is 3.12. The van der Waals surface area contributed by atoms with Crippen LogP contribution in [0.25, 0.3) is 11.1 Å². The molecule has 2 atom stereocenters. The topological polar surface area (TPSA) is 87.6 Å². The summed E-state index contributed by atoms with van der Waals surface area (Å²) in [7, 11) is 0. The largest absolute Gasteiger partial charge is 0.573 e. The van der Waals surface area contributed by atoms with E-state index in [0.29, 0.717) is 30.2 Å². The molecule has 4 rings (SSSR count). The number of aliphatic hydroxyl groups is 1. The first-order valence-electron chi connectivity index (χ1n) is 10.6. The smallest absolute Gasteiger partial charge is 0.406 e. The Kier molecular flexibility index (Phi) is 6.43. The molecule has 178 valence electrons. The van der Waals surface area contributed by atoms with E-state index in [1.54, 1.807) is 12.3 Å². The fourth-order valence-electron chi connectivity index (χ4n) is 3.74. The minimum absolute atomic E-state index is 0.0815. The summed E-state index contributed by atoms with van der Waals surface area (Å²) >= 11 is 0. The molecule has 1 aliphatic heterocycles. The SMILES string of the molecule is Cc1ccc(-c2cc(C(=O)Nc3ccc(OC(F)(F)F)cc3)cnc2N2C[C@H](C)[C@@H](O)C2)cn1. The molecule has 34 heavy (non-hydrogen) atoms. The van der Waals surface area contributed by atoms with Crippen LogP contribution < -0.4 is 15.0 Å². The predicted octanol–water partition coefficient (Wildman–Crippen LogP) is 4.42. The molecule has 1 fully saturated rings. The summed E-state index contributed by atoms with van der Waals surface area (Å²) in [5.41, 5.74) is 2.87. The van der Waals surface area contributed by atoms with Gasteiger partial charge in [0.15, 0.2) is 0 Å². The quantitative estimate of drug-likeness (QED) is 0.572. The van der Waals surface area contributed by atoms with Crippen LogP contribution in [-0.4, -0.2) is 46.5 Å². The Labute approximate surface area is 194 Å². The number of nitrogens with zero attached hydrogens (tertiary/aromatic N) is 3. The van der Waals surface area contributed by atoms with E-state index in [0.717, 1.165) is 23.4 Å². The molecule has 0 saturated carbocycles. The highest BCUT2D eigenvalue weighted by Crippen LogP contribution is 2.33. The number of hydrogen-bond donors (Lipinski definition) is 2. The minimum Gasteiger partial charge on any atom is -0.406 e. The number of hydrogen-bond acceptors (Lipinski definition) is 6. The lowest BCUT2D eigenvalue weighted by atomic mass is 10.0. The maximum Gasteiger partial charge on any atom is 0.573 e. The van der Waals surface area contributed by atoms with Gasteiger partial charge in [0.2, 0.25) is 0 Å². The Hall–Kier alpha value is -3.66. The zero-order valence-electron chi connectivity index (χ0n) is 18.5. The van der Waals surface area contributed by atoms with Gasteiger partial charge in [-0.1, -0.05) is 13.0 Å². The summed E-state index contributed by atoms with van der Waals surface area (Å²) in [4.78, 5) is 23.7. The third-order valence-corrected chi connectivity index (χ3v) is 5.57. The van der Waals surface area contributed by atoms with Crippen molar-refractivity contribution in [3.05, 3.63) is 66.1 Å². The van der Waals surface area contributed by atoms with Crippen molar-refractivity contribution in [2.24, 2.45) is 5.92 Å². The van der Waals surface area contributed by atoms with E-state index in [9.17, 15) is 23.1 Å². The van der Waals surface area contributed by atoms with Gasteiger partial charge in [-0.15, -0.1) is 13.2 Å². The first-order chi connectivity index (χ1) is 16.1. The number of carbonyl (C=O) groups excluding carboxylic acids is 1. The molecule has 1 saturated heterocycles. The van der Waals surface area contributed by atoms with Crippen molar-refractivity contribution >= 4 is 17.4 Å². The second-order valence-electron chi connectivity index (χ2n) is 8.26. The Morgan fingerprint density at radius 3 is 2.44 bits per heavy atom. The van der Waals surface area contributed by atoms with Gasteiger partial charge in [0.05, 0.1) is 11.7 Å². The highest BCUT2D eigenvalue weighted by atomic mass is 19.4. The van der Waals surface area contributed by atoms with E-state index >= 15 is 0 Å². The number of nitrogens with one attached hydrogen (secondary N) is 1. The first-order valence-corrected chi connectivity index (χ1v) is 10.6. The number of halogens is 3. The van der Waals surface area contributed by atoms with Crippen molar-refractivity contribution in [2.75, 3.05) is 23.3 Å². The van der Waals surface area contributed by atoms with Gasteiger partial charge in [-0.2, -0.15) is 0 Å². The van der Waals surface area contributed by atoms with E-state index in [-0.39, 0.29) is 17.2 Å². The van der Waals surface area contributed by atoms with E-state index in [1.807, 2.05) is 30.9 Å². The minimum atomic E-state index is -4.79. The first kappa shape index (κ1) is 23.5. The summed E-state index contributed by atoms with van der Waals surface area (Å²) < 4.78 is 40.9.